The zero-order chi connectivity index (χ0) is 24.8. The molecule has 1 fully saturated rings. The number of thiocarbonyl (C=S) groups is 1. The second kappa shape index (κ2) is 11.3. The average Bonchev–Trinajstić information content (AvgIpc) is 3.07. The van der Waals surface area contributed by atoms with Crippen molar-refractivity contribution in [2.75, 3.05) is 6.54 Å². The van der Waals surface area contributed by atoms with Crippen LogP contribution >= 0.6 is 24.0 Å². The summed E-state index contributed by atoms with van der Waals surface area (Å²) < 4.78 is 1.53. The number of amides is 1. The summed E-state index contributed by atoms with van der Waals surface area (Å²) >= 11 is 6.58. The molecule has 0 saturated carbocycles. The molecule has 1 amide bonds. The van der Waals surface area contributed by atoms with Crippen LogP contribution in [-0.4, -0.2) is 37.1 Å². The molecule has 0 bridgehead atoms. The number of ketones is 1. The molecule has 2 aromatic rings. The topological polar surface area (TPSA) is 103 Å². The van der Waals surface area contributed by atoms with Crippen LogP contribution in [0.25, 0.3) is 6.08 Å². The van der Waals surface area contributed by atoms with Gasteiger partial charge in [0.15, 0.2) is 5.78 Å². The Hall–Kier alpha value is -3.22. The second-order valence-corrected chi connectivity index (χ2v) is 9.57. The van der Waals surface area contributed by atoms with Crippen LogP contribution in [0.2, 0.25) is 0 Å². The van der Waals surface area contributed by atoms with E-state index in [2.05, 4.69) is 0 Å². The van der Waals surface area contributed by atoms with E-state index in [1.807, 2.05) is 43.3 Å². The highest BCUT2D eigenvalue weighted by Crippen LogP contribution is 2.33. The van der Waals surface area contributed by atoms with Crippen LogP contribution < -0.4 is 5.56 Å². The Bertz CT molecular complexity index is 1260. The molecule has 1 aromatic heterocycles. The quantitative estimate of drug-likeness (QED) is 0.312. The molecule has 9 heteroatoms. The number of unbranched alkanes of at least 4 members (excludes halogenated alkanes) is 1. The first-order valence-corrected chi connectivity index (χ1v) is 12.2. The SMILES string of the molecule is CCCCn1c(O)c(C(=O)CCCN2C(=O)/C(=C/c3ccccc3)SC2=S)c(C)c(C#N)c1=O. The molecule has 34 heavy (non-hydrogen) atoms. The van der Waals surface area contributed by atoms with E-state index < -0.39 is 11.4 Å². The number of Topliss-reactive ketones (excluding diaryl/α,β-unsaturated/α-hetero) is 1. The highest BCUT2D eigenvalue weighted by atomic mass is 32.2. The largest absolute Gasteiger partial charge is 0.494 e. The number of nitriles is 1. The van der Waals surface area contributed by atoms with Gasteiger partial charge in [-0.1, -0.05) is 67.7 Å². The van der Waals surface area contributed by atoms with E-state index >= 15 is 0 Å². The average molecular weight is 496 g/mol. The number of carbonyl (C=O) groups excluding carboxylic acids is 2. The van der Waals surface area contributed by atoms with Gasteiger partial charge >= 0.3 is 0 Å². The number of carbonyl (C=O) groups is 2. The van der Waals surface area contributed by atoms with Gasteiger partial charge in [0.05, 0.1) is 10.5 Å². The van der Waals surface area contributed by atoms with Gasteiger partial charge in [-0.2, -0.15) is 5.26 Å². The Balaban J connectivity index is 1.73. The predicted molar refractivity (Wildman–Crippen MR) is 137 cm³/mol. The third-order valence-electron chi connectivity index (χ3n) is 5.57. The van der Waals surface area contributed by atoms with Gasteiger partial charge in [-0.3, -0.25) is 23.9 Å². The highest BCUT2D eigenvalue weighted by Gasteiger charge is 2.32. The Kier molecular flexibility index (Phi) is 8.42. The van der Waals surface area contributed by atoms with Crippen molar-refractivity contribution in [2.24, 2.45) is 0 Å². The van der Waals surface area contributed by atoms with Crippen LogP contribution in [0, 0.1) is 18.3 Å². The number of rotatable bonds is 9. The van der Waals surface area contributed by atoms with Crippen molar-refractivity contribution >= 4 is 46.1 Å². The van der Waals surface area contributed by atoms with Crippen molar-refractivity contribution in [3.8, 4) is 11.9 Å². The molecule has 7 nitrogen and oxygen atoms in total. The smallest absolute Gasteiger partial charge is 0.271 e. The first-order chi connectivity index (χ1) is 16.3. The summed E-state index contributed by atoms with van der Waals surface area (Å²) in [5, 5.41) is 20.1. The van der Waals surface area contributed by atoms with Crippen molar-refractivity contribution in [1.82, 2.24) is 9.47 Å². The van der Waals surface area contributed by atoms with Crippen molar-refractivity contribution in [2.45, 2.75) is 46.1 Å². The number of thioether (sulfide) groups is 1. The van der Waals surface area contributed by atoms with Crippen LogP contribution in [0.3, 0.4) is 0 Å². The summed E-state index contributed by atoms with van der Waals surface area (Å²) in [6.07, 6.45) is 3.54. The van der Waals surface area contributed by atoms with Crippen LogP contribution in [0.4, 0.5) is 0 Å². The first-order valence-electron chi connectivity index (χ1n) is 11.0. The standard InChI is InChI=1S/C25H25N3O4S2/c1-3-4-12-27-22(30)18(15-26)16(2)21(24(27)32)19(29)11-8-13-28-23(31)20(34-25(28)33)14-17-9-6-5-7-10-17/h5-7,9-10,14,32H,3-4,8,11-13H2,1-2H3/b20-14-. The molecule has 1 aliphatic rings. The lowest BCUT2D eigenvalue weighted by Gasteiger charge is -2.16. The van der Waals surface area contributed by atoms with Gasteiger partial charge in [0.1, 0.15) is 16.0 Å². The molecule has 3 rings (SSSR count). The zero-order valence-electron chi connectivity index (χ0n) is 19.0. The third kappa shape index (κ3) is 5.29. The summed E-state index contributed by atoms with van der Waals surface area (Å²) in [6.45, 7) is 3.91. The van der Waals surface area contributed by atoms with Crippen molar-refractivity contribution < 1.29 is 14.7 Å². The lowest BCUT2D eigenvalue weighted by molar-refractivity contribution is -0.122. The Morgan fingerprint density at radius 3 is 2.56 bits per heavy atom. The van der Waals surface area contributed by atoms with E-state index in [1.54, 1.807) is 6.08 Å². The summed E-state index contributed by atoms with van der Waals surface area (Å²) in [6, 6.07) is 11.3. The summed E-state index contributed by atoms with van der Waals surface area (Å²) in [7, 11) is 0. The number of hydrogen-bond donors (Lipinski definition) is 1. The van der Waals surface area contributed by atoms with Gasteiger partial charge in [-0.15, -0.1) is 0 Å². The minimum Gasteiger partial charge on any atom is -0.494 e. The van der Waals surface area contributed by atoms with Crippen LogP contribution in [-0.2, 0) is 11.3 Å². The monoisotopic (exact) mass is 495 g/mol. The van der Waals surface area contributed by atoms with Gasteiger partial charge in [-0.05, 0) is 37.0 Å². The van der Waals surface area contributed by atoms with Gasteiger partial charge in [0.2, 0.25) is 5.88 Å². The minimum atomic E-state index is -0.592. The van der Waals surface area contributed by atoms with E-state index in [1.165, 1.54) is 23.6 Å². The van der Waals surface area contributed by atoms with E-state index in [-0.39, 0.29) is 47.9 Å². The van der Waals surface area contributed by atoms with Crippen molar-refractivity contribution in [3.63, 3.8) is 0 Å². The number of benzene rings is 1. The maximum Gasteiger partial charge on any atom is 0.271 e. The molecular formula is C25H25N3O4S2. The highest BCUT2D eigenvalue weighted by molar-refractivity contribution is 8.26. The predicted octanol–water partition coefficient (Wildman–Crippen LogP) is 4.40. The molecule has 1 saturated heterocycles. The number of hydrogen-bond acceptors (Lipinski definition) is 7. The lowest BCUT2D eigenvalue weighted by atomic mass is 9.99. The van der Waals surface area contributed by atoms with Crippen molar-refractivity contribution in [1.29, 1.82) is 5.26 Å². The van der Waals surface area contributed by atoms with Crippen LogP contribution in [0.1, 0.15) is 59.7 Å². The molecule has 1 N–H and O–H groups in total. The first kappa shape index (κ1) is 25.4. The fourth-order valence-electron chi connectivity index (χ4n) is 3.72. The minimum absolute atomic E-state index is 0.0124. The number of pyridine rings is 1. The van der Waals surface area contributed by atoms with E-state index in [9.17, 15) is 24.8 Å². The molecule has 1 aromatic carbocycles. The second-order valence-electron chi connectivity index (χ2n) is 7.89. The molecule has 1 aliphatic heterocycles. The van der Waals surface area contributed by atoms with Gasteiger partial charge in [0, 0.05) is 19.5 Å². The van der Waals surface area contributed by atoms with Gasteiger partial charge in [-0.25, -0.2) is 0 Å². The fraction of sp³-hybridized carbons (Fsp3) is 0.320. The normalized spacial score (nSPS) is 14.6. The summed E-state index contributed by atoms with van der Waals surface area (Å²) in [5.41, 5.74) is 0.335. The van der Waals surface area contributed by atoms with Crippen LogP contribution in [0.5, 0.6) is 5.88 Å². The lowest BCUT2D eigenvalue weighted by Crippen LogP contribution is -2.29. The van der Waals surface area contributed by atoms with Crippen molar-refractivity contribution in [3.05, 3.63) is 67.8 Å². The Morgan fingerprint density at radius 1 is 1.21 bits per heavy atom. The third-order valence-corrected chi connectivity index (χ3v) is 6.95. The fourth-order valence-corrected chi connectivity index (χ4v) is 5.03. The molecule has 0 radical (unpaired) electrons. The summed E-state index contributed by atoms with van der Waals surface area (Å²) in [5.74, 6) is -0.997. The van der Waals surface area contributed by atoms with Crippen LogP contribution in [0.15, 0.2) is 40.0 Å². The molecule has 0 aliphatic carbocycles. The van der Waals surface area contributed by atoms with Gasteiger partial charge < -0.3 is 5.11 Å². The maximum absolute atomic E-state index is 13.0. The van der Waals surface area contributed by atoms with E-state index in [4.69, 9.17) is 12.2 Å². The zero-order valence-corrected chi connectivity index (χ0v) is 20.7. The molecular weight excluding hydrogens is 470 g/mol. The number of aromatic nitrogens is 1. The van der Waals surface area contributed by atoms with Gasteiger partial charge in [0.25, 0.3) is 11.5 Å². The molecule has 0 unspecified atom stereocenters. The van der Waals surface area contributed by atoms with E-state index in [0.717, 1.165) is 16.6 Å². The number of nitrogens with zero attached hydrogens (tertiary/aromatic N) is 3. The molecule has 0 spiro atoms. The van der Waals surface area contributed by atoms with E-state index in [0.29, 0.717) is 22.1 Å². The Labute approximate surface area is 207 Å². The molecule has 176 valence electrons. The Morgan fingerprint density at radius 2 is 1.91 bits per heavy atom. The number of aromatic hydroxyl groups is 1. The molecule has 0 atom stereocenters. The maximum atomic E-state index is 13.0. The summed E-state index contributed by atoms with van der Waals surface area (Å²) in [4.78, 5) is 40.3. The molecule has 2 heterocycles.